The molecule has 6 nitrogen and oxygen atoms in total. The van der Waals surface area contributed by atoms with Crippen molar-refractivity contribution in [3.05, 3.63) is 0 Å². The van der Waals surface area contributed by atoms with Crippen LogP contribution in [0.25, 0.3) is 0 Å². The number of ether oxygens (including phenoxy) is 3. The largest absolute Gasteiger partial charge is 0.462 e. The Bertz CT molecular complexity index is 1120. The van der Waals surface area contributed by atoms with Gasteiger partial charge in [-0.2, -0.15) is 0 Å². The molecule has 6 heteroatoms. The topological polar surface area (TPSA) is 78.9 Å². The van der Waals surface area contributed by atoms with E-state index in [4.69, 9.17) is 14.2 Å². The lowest BCUT2D eigenvalue weighted by Gasteiger charge is -2.18. The van der Waals surface area contributed by atoms with Crippen molar-refractivity contribution in [2.75, 3.05) is 13.2 Å². The second-order valence-corrected chi connectivity index (χ2v) is 23.8. The first kappa shape index (κ1) is 73.4. The van der Waals surface area contributed by atoms with Crippen LogP contribution in [0.4, 0.5) is 0 Å². The number of hydrogen-bond donors (Lipinski definition) is 0. The van der Waals surface area contributed by atoms with Gasteiger partial charge in [0, 0.05) is 19.3 Å². The molecule has 0 saturated carbocycles. The first-order valence-electron chi connectivity index (χ1n) is 34.5. The molecule has 1 unspecified atom stereocenters. The number of hydrogen-bond acceptors (Lipinski definition) is 6. The molecule has 446 valence electrons. The van der Waals surface area contributed by atoms with Crippen LogP contribution in [0.2, 0.25) is 0 Å². The zero-order valence-electron chi connectivity index (χ0n) is 51.4. The summed E-state index contributed by atoms with van der Waals surface area (Å²) in [7, 11) is 0. The first-order valence-corrected chi connectivity index (χ1v) is 34.5. The monoisotopic (exact) mass is 1060 g/mol. The predicted molar refractivity (Wildman–Crippen MR) is 326 cm³/mol. The van der Waals surface area contributed by atoms with Crippen LogP contribution in [0.5, 0.6) is 0 Å². The Balaban J connectivity index is 4.21. The SMILES string of the molecule is CCCCCCCCCCCCCCCCCCCCCCCCCCC(=O)OCC(COC(=O)CCCCCCCCCCCCCCCC)OC(=O)CCCCCCCCCCCCCCCCCCCCC. The maximum absolute atomic E-state index is 12.9. The summed E-state index contributed by atoms with van der Waals surface area (Å²) < 4.78 is 17.0. The molecular weight excluding hydrogens is 925 g/mol. The fraction of sp³-hybridized carbons (Fsp3) is 0.957. The lowest BCUT2D eigenvalue weighted by atomic mass is 10.0. The summed E-state index contributed by atoms with van der Waals surface area (Å²) in [5.74, 6) is -0.821. The summed E-state index contributed by atoms with van der Waals surface area (Å²) in [5, 5.41) is 0. The zero-order chi connectivity index (χ0) is 54.3. The number of carbonyl (C=O) groups is 3. The fourth-order valence-electron chi connectivity index (χ4n) is 10.9. The Hall–Kier alpha value is -1.59. The molecule has 0 rings (SSSR count). The third-order valence-corrected chi connectivity index (χ3v) is 16.1. The van der Waals surface area contributed by atoms with E-state index in [0.29, 0.717) is 19.3 Å². The highest BCUT2D eigenvalue weighted by atomic mass is 16.6. The van der Waals surface area contributed by atoms with E-state index >= 15 is 0 Å². The van der Waals surface area contributed by atoms with Gasteiger partial charge in [0.2, 0.25) is 0 Å². The van der Waals surface area contributed by atoms with Crippen molar-refractivity contribution in [1.82, 2.24) is 0 Å². The fourth-order valence-corrected chi connectivity index (χ4v) is 10.9. The van der Waals surface area contributed by atoms with Crippen LogP contribution in [0, 0.1) is 0 Å². The van der Waals surface area contributed by atoms with E-state index in [1.807, 2.05) is 0 Å². The highest BCUT2D eigenvalue weighted by Crippen LogP contribution is 2.19. The van der Waals surface area contributed by atoms with Crippen LogP contribution in [0.3, 0.4) is 0 Å². The number of rotatable bonds is 65. The van der Waals surface area contributed by atoms with Gasteiger partial charge in [-0.05, 0) is 19.3 Å². The highest BCUT2D eigenvalue weighted by molar-refractivity contribution is 5.71. The molecule has 0 spiro atoms. The highest BCUT2D eigenvalue weighted by Gasteiger charge is 2.19. The van der Waals surface area contributed by atoms with Crippen LogP contribution < -0.4 is 0 Å². The summed E-state index contributed by atoms with van der Waals surface area (Å²) in [6.07, 6.45) is 75.5. The van der Waals surface area contributed by atoms with Gasteiger partial charge in [-0.25, -0.2) is 0 Å². The summed E-state index contributed by atoms with van der Waals surface area (Å²) in [5.41, 5.74) is 0. The van der Waals surface area contributed by atoms with Crippen molar-refractivity contribution in [3.63, 3.8) is 0 Å². The molecule has 0 aromatic rings. The molecule has 0 saturated heterocycles. The normalized spacial score (nSPS) is 11.9. The number of carbonyl (C=O) groups excluding carboxylic acids is 3. The lowest BCUT2D eigenvalue weighted by Crippen LogP contribution is -2.30. The molecule has 0 bridgehead atoms. The minimum Gasteiger partial charge on any atom is -0.462 e. The molecule has 75 heavy (non-hydrogen) atoms. The van der Waals surface area contributed by atoms with Crippen molar-refractivity contribution < 1.29 is 28.6 Å². The van der Waals surface area contributed by atoms with Gasteiger partial charge in [-0.1, -0.05) is 367 Å². The van der Waals surface area contributed by atoms with E-state index in [2.05, 4.69) is 20.8 Å². The summed E-state index contributed by atoms with van der Waals surface area (Å²) in [6, 6.07) is 0. The van der Waals surface area contributed by atoms with Gasteiger partial charge in [-0.3, -0.25) is 14.4 Å². The Morgan fingerprint density at radius 1 is 0.213 bits per heavy atom. The van der Waals surface area contributed by atoms with Gasteiger partial charge in [0.25, 0.3) is 0 Å². The third kappa shape index (κ3) is 63.1. The smallest absolute Gasteiger partial charge is 0.306 e. The zero-order valence-corrected chi connectivity index (χ0v) is 51.4. The molecule has 0 radical (unpaired) electrons. The van der Waals surface area contributed by atoms with Crippen molar-refractivity contribution >= 4 is 17.9 Å². The molecule has 0 heterocycles. The Morgan fingerprint density at radius 3 is 0.533 bits per heavy atom. The summed E-state index contributed by atoms with van der Waals surface area (Å²) >= 11 is 0. The van der Waals surface area contributed by atoms with Crippen molar-refractivity contribution in [3.8, 4) is 0 Å². The molecule has 0 aromatic carbocycles. The molecule has 0 N–H and O–H groups in total. The Labute approximate surface area is 469 Å². The molecule has 0 aliphatic heterocycles. The van der Waals surface area contributed by atoms with Crippen molar-refractivity contribution in [1.29, 1.82) is 0 Å². The quantitative estimate of drug-likeness (QED) is 0.0343. The molecule has 0 aliphatic carbocycles. The lowest BCUT2D eigenvalue weighted by molar-refractivity contribution is -0.167. The van der Waals surface area contributed by atoms with E-state index < -0.39 is 6.10 Å². The second-order valence-electron chi connectivity index (χ2n) is 23.8. The van der Waals surface area contributed by atoms with Gasteiger partial charge >= 0.3 is 17.9 Å². The molecule has 1 atom stereocenters. The standard InChI is InChI=1S/C69H134O6/c1-4-7-10-13-16-19-22-25-28-30-32-33-34-35-36-38-39-41-44-47-50-53-56-59-62-68(71)74-65-66(64-73-67(70)61-58-55-52-49-46-43-27-24-21-18-15-12-9-6-3)75-69(72)63-60-57-54-51-48-45-42-40-37-31-29-26-23-20-17-14-11-8-5-2/h66H,4-65H2,1-3H3. The van der Waals surface area contributed by atoms with Crippen LogP contribution in [0.15, 0.2) is 0 Å². The van der Waals surface area contributed by atoms with Crippen molar-refractivity contribution in [2.24, 2.45) is 0 Å². The Morgan fingerprint density at radius 2 is 0.360 bits per heavy atom. The van der Waals surface area contributed by atoms with Crippen LogP contribution in [0.1, 0.15) is 406 Å². The molecule has 0 amide bonds. The van der Waals surface area contributed by atoms with Gasteiger partial charge in [-0.15, -0.1) is 0 Å². The van der Waals surface area contributed by atoms with Gasteiger partial charge in [0.1, 0.15) is 13.2 Å². The number of esters is 3. The second kappa shape index (κ2) is 64.9. The maximum Gasteiger partial charge on any atom is 0.306 e. The number of unbranched alkanes of at least 4 members (excludes halogenated alkanes) is 54. The summed E-state index contributed by atoms with van der Waals surface area (Å²) in [4.78, 5) is 38.4. The maximum atomic E-state index is 12.9. The van der Waals surface area contributed by atoms with Gasteiger partial charge in [0.05, 0.1) is 0 Å². The van der Waals surface area contributed by atoms with E-state index in [0.717, 1.165) is 57.8 Å². The van der Waals surface area contributed by atoms with Crippen LogP contribution in [-0.4, -0.2) is 37.2 Å². The van der Waals surface area contributed by atoms with Crippen LogP contribution >= 0.6 is 0 Å². The van der Waals surface area contributed by atoms with Crippen molar-refractivity contribution in [2.45, 2.75) is 412 Å². The minimum absolute atomic E-state index is 0.0602. The molecule has 0 aromatic heterocycles. The molecule has 0 fully saturated rings. The average molecular weight is 1060 g/mol. The molecule has 0 aliphatic rings. The van der Waals surface area contributed by atoms with Gasteiger partial charge in [0.15, 0.2) is 6.10 Å². The molecular formula is C69H134O6. The van der Waals surface area contributed by atoms with E-state index in [9.17, 15) is 14.4 Å². The summed E-state index contributed by atoms with van der Waals surface area (Å²) in [6.45, 7) is 6.74. The van der Waals surface area contributed by atoms with E-state index in [-0.39, 0.29) is 31.1 Å². The van der Waals surface area contributed by atoms with Crippen LogP contribution in [-0.2, 0) is 28.6 Å². The van der Waals surface area contributed by atoms with E-state index in [1.54, 1.807) is 0 Å². The first-order chi connectivity index (χ1) is 37.0. The predicted octanol–water partition coefficient (Wildman–Crippen LogP) is 23.5. The average Bonchev–Trinajstić information content (AvgIpc) is 3.41. The Kier molecular flexibility index (Phi) is 63.6. The third-order valence-electron chi connectivity index (χ3n) is 16.1. The van der Waals surface area contributed by atoms with Gasteiger partial charge < -0.3 is 14.2 Å². The minimum atomic E-state index is -0.763. The van der Waals surface area contributed by atoms with E-state index in [1.165, 1.54) is 308 Å².